The zero-order valence-electron chi connectivity index (χ0n) is 6.51. The van der Waals surface area contributed by atoms with Gasteiger partial charge in [-0.1, -0.05) is 5.21 Å². The van der Waals surface area contributed by atoms with Crippen LogP contribution in [0, 0.1) is 0 Å². The summed E-state index contributed by atoms with van der Waals surface area (Å²) in [4.78, 5) is 11.4. The van der Waals surface area contributed by atoms with Gasteiger partial charge in [0.1, 0.15) is 6.10 Å². The van der Waals surface area contributed by atoms with Crippen molar-refractivity contribution in [3.63, 3.8) is 0 Å². The highest BCUT2D eigenvalue weighted by atomic mass is 16.5. The summed E-state index contributed by atoms with van der Waals surface area (Å²) in [6.07, 6.45) is 4.44. The number of carbonyl (C=O) groups excluding carboxylic acids is 1. The summed E-state index contributed by atoms with van der Waals surface area (Å²) in [6.45, 7) is 0.672. The summed E-state index contributed by atoms with van der Waals surface area (Å²) in [5.74, 6) is -0.120. The molecule has 1 atom stereocenters. The third kappa shape index (κ3) is 1.23. The Labute approximate surface area is 69.3 Å². The van der Waals surface area contributed by atoms with Gasteiger partial charge in [-0.15, -0.1) is 5.10 Å². The summed E-state index contributed by atoms with van der Waals surface area (Å²) in [5.41, 5.74) is 0. The van der Waals surface area contributed by atoms with Crippen molar-refractivity contribution in [1.29, 1.82) is 0 Å². The molecule has 12 heavy (non-hydrogen) atoms. The first-order chi connectivity index (χ1) is 5.88. The zero-order valence-corrected chi connectivity index (χ0v) is 6.51. The molecule has 0 bridgehead atoms. The van der Waals surface area contributed by atoms with Gasteiger partial charge in [-0.05, 0) is 12.8 Å². The third-order valence-corrected chi connectivity index (χ3v) is 1.85. The predicted octanol–water partition coefficient (Wildman–Crippen LogP) is 0.0973. The predicted molar refractivity (Wildman–Crippen MR) is 39.6 cm³/mol. The topological polar surface area (TPSA) is 57.0 Å². The van der Waals surface area contributed by atoms with Gasteiger partial charge in [0.25, 0.3) is 5.91 Å². The van der Waals surface area contributed by atoms with Gasteiger partial charge in [-0.25, -0.2) is 0 Å². The van der Waals surface area contributed by atoms with Crippen molar-refractivity contribution in [2.45, 2.75) is 18.9 Å². The molecule has 1 saturated heterocycles. The number of carbonyl (C=O) groups is 1. The Morgan fingerprint density at radius 3 is 3.17 bits per heavy atom. The number of rotatable bonds is 1. The van der Waals surface area contributed by atoms with Gasteiger partial charge in [0.2, 0.25) is 0 Å². The average molecular weight is 167 g/mol. The third-order valence-electron chi connectivity index (χ3n) is 1.85. The monoisotopic (exact) mass is 167 g/mol. The minimum absolute atomic E-state index is 0.120. The van der Waals surface area contributed by atoms with E-state index in [0.717, 1.165) is 12.8 Å². The minimum Gasteiger partial charge on any atom is -0.368 e. The van der Waals surface area contributed by atoms with Gasteiger partial charge >= 0.3 is 0 Å². The Bertz CT molecular complexity index is 264. The number of aromatic nitrogens is 3. The lowest BCUT2D eigenvalue weighted by atomic mass is 10.2. The van der Waals surface area contributed by atoms with E-state index in [4.69, 9.17) is 4.74 Å². The largest absolute Gasteiger partial charge is 0.368 e. The van der Waals surface area contributed by atoms with E-state index in [0.29, 0.717) is 6.61 Å². The lowest BCUT2D eigenvalue weighted by Crippen LogP contribution is -2.26. The molecule has 2 heterocycles. The highest BCUT2D eigenvalue weighted by molar-refractivity contribution is 5.82. The Hall–Kier alpha value is -1.23. The lowest BCUT2D eigenvalue weighted by Gasteiger charge is -2.05. The van der Waals surface area contributed by atoms with Crippen molar-refractivity contribution in [3.05, 3.63) is 12.4 Å². The van der Waals surface area contributed by atoms with E-state index >= 15 is 0 Å². The van der Waals surface area contributed by atoms with Crippen LogP contribution in [0.2, 0.25) is 0 Å². The molecule has 64 valence electrons. The van der Waals surface area contributed by atoms with Gasteiger partial charge < -0.3 is 4.74 Å². The maximum atomic E-state index is 11.4. The quantitative estimate of drug-likeness (QED) is 0.595. The summed E-state index contributed by atoms with van der Waals surface area (Å²) in [7, 11) is 0. The van der Waals surface area contributed by atoms with Crippen LogP contribution in [0.5, 0.6) is 0 Å². The first-order valence-electron chi connectivity index (χ1n) is 3.90. The Morgan fingerprint density at radius 1 is 1.67 bits per heavy atom. The van der Waals surface area contributed by atoms with Gasteiger partial charge in [-0.3, -0.25) is 4.79 Å². The molecule has 1 unspecified atom stereocenters. The first-order valence-corrected chi connectivity index (χ1v) is 3.90. The molecule has 1 aromatic rings. The van der Waals surface area contributed by atoms with E-state index in [1.54, 1.807) is 0 Å². The van der Waals surface area contributed by atoms with Gasteiger partial charge in [-0.2, -0.15) is 4.68 Å². The van der Waals surface area contributed by atoms with Crippen LogP contribution in [0.3, 0.4) is 0 Å². The molecule has 1 aliphatic heterocycles. The van der Waals surface area contributed by atoms with Crippen molar-refractivity contribution in [2.75, 3.05) is 6.61 Å². The van der Waals surface area contributed by atoms with Crippen molar-refractivity contribution >= 4 is 5.91 Å². The summed E-state index contributed by atoms with van der Waals surface area (Å²) in [6, 6.07) is 0. The summed E-state index contributed by atoms with van der Waals surface area (Å²) < 4.78 is 6.42. The van der Waals surface area contributed by atoms with Crippen molar-refractivity contribution < 1.29 is 9.53 Å². The fourth-order valence-electron chi connectivity index (χ4n) is 1.25. The maximum absolute atomic E-state index is 11.4. The standard InChI is InChI=1S/C7H9N3O2/c11-7(6-2-1-5-12-6)10-4-3-8-9-10/h3-4,6H,1-2,5H2. The summed E-state index contributed by atoms with van der Waals surface area (Å²) >= 11 is 0. The van der Waals surface area contributed by atoms with E-state index in [-0.39, 0.29) is 12.0 Å². The smallest absolute Gasteiger partial charge is 0.277 e. The van der Waals surface area contributed by atoms with Crippen LogP contribution in [0.25, 0.3) is 0 Å². The second-order valence-electron chi connectivity index (χ2n) is 2.69. The van der Waals surface area contributed by atoms with Crippen molar-refractivity contribution in [3.8, 4) is 0 Å². The molecule has 0 spiro atoms. The van der Waals surface area contributed by atoms with E-state index in [1.807, 2.05) is 0 Å². The molecule has 0 aliphatic carbocycles. The van der Waals surface area contributed by atoms with Crippen molar-refractivity contribution in [1.82, 2.24) is 15.0 Å². The normalized spacial score (nSPS) is 22.8. The van der Waals surface area contributed by atoms with Crippen LogP contribution < -0.4 is 0 Å². The molecule has 5 heteroatoms. The number of hydrogen-bond donors (Lipinski definition) is 0. The molecule has 1 aromatic heterocycles. The second-order valence-corrected chi connectivity index (χ2v) is 2.69. The lowest BCUT2D eigenvalue weighted by molar-refractivity contribution is 0.0535. The van der Waals surface area contributed by atoms with E-state index in [1.165, 1.54) is 17.1 Å². The molecule has 0 N–H and O–H groups in total. The van der Waals surface area contributed by atoms with Crippen LogP contribution >= 0.6 is 0 Å². The SMILES string of the molecule is O=C(C1CCCO1)n1ccnn1. The molecule has 1 aliphatic rings. The van der Waals surface area contributed by atoms with Crippen LogP contribution in [-0.4, -0.2) is 33.6 Å². The van der Waals surface area contributed by atoms with Gasteiger partial charge in [0, 0.05) is 6.61 Å². The average Bonchev–Trinajstić information content (AvgIpc) is 2.77. The van der Waals surface area contributed by atoms with E-state index in [9.17, 15) is 4.79 Å². The van der Waals surface area contributed by atoms with Crippen LogP contribution in [-0.2, 0) is 4.74 Å². The molecular weight excluding hydrogens is 158 g/mol. The molecule has 1 fully saturated rings. The molecule has 2 rings (SSSR count). The molecule has 0 amide bonds. The van der Waals surface area contributed by atoms with Crippen LogP contribution in [0.15, 0.2) is 12.4 Å². The van der Waals surface area contributed by atoms with Crippen molar-refractivity contribution in [2.24, 2.45) is 0 Å². The highest BCUT2D eigenvalue weighted by Gasteiger charge is 2.25. The van der Waals surface area contributed by atoms with Crippen LogP contribution in [0.1, 0.15) is 17.6 Å². The maximum Gasteiger partial charge on any atom is 0.277 e. The fourth-order valence-corrected chi connectivity index (χ4v) is 1.25. The zero-order chi connectivity index (χ0) is 8.39. The first kappa shape index (κ1) is 7.42. The molecule has 5 nitrogen and oxygen atoms in total. The number of ether oxygens (including phenoxy) is 1. The molecule has 0 aromatic carbocycles. The number of nitrogens with zero attached hydrogens (tertiary/aromatic N) is 3. The van der Waals surface area contributed by atoms with Crippen LogP contribution in [0.4, 0.5) is 0 Å². The second kappa shape index (κ2) is 3.02. The van der Waals surface area contributed by atoms with Gasteiger partial charge in [0.15, 0.2) is 0 Å². The van der Waals surface area contributed by atoms with E-state index in [2.05, 4.69) is 10.3 Å². The Kier molecular flexibility index (Phi) is 1.87. The highest BCUT2D eigenvalue weighted by Crippen LogP contribution is 2.13. The Morgan fingerprint density at radius 2 is 2.58 bits per heavy atom. The fraction of sp³-hybridized carbons (Fsp3) is 0.571. The molecule has 0 saturated carbocycles. The van der Waals surface area contributed by atoms with Gasteiger partial charge in [0.05, 0.1) is 12.4 Å². The number of hydrogen-bond acceptors (Lipinski definition) is 4. The van der Waals surface area contributed by atoms with E-state index < -0.39 is 0 Å². The molecular formula is C7H9N3O2. The summed E-state index contributed by atoms with van der Waals surface area (Å²) in [5, 5.41) is 7.15. The minimum atomic E-state index is -0.313. The Balaban J connectivity index is 2.09. The molecule has 0 radical (unpaired) electrons.